The molecule has 0 amide bonds. The molecule has 1 heterocycles. The Balaban J connectivity index is 2.21. The molecular weight excluding hydrogens is 300 g/mol. The molecule has 0 unspecified atom stereocenters. The minimum Gasteiger partial charge on any atom is -0.396 e. The van der Waals surface area contributed by atoms with E-state index in [9.17, 15) is 14.9 Å². The maximum Gasteiger partial charge on any atom is 0.342 e. The highest BCUT2D eigenvalue weighted by Gasteiger charge is 2.17. The molecule has 0 bridgehead atoms. The third-order valence-electron chi connectivity index (χ3n) is 3.33. The highest BCUT2D eigenvalue weighted by atomic mass is 16.6. The fraction of sp³-hybridized carbons (Fsp3) is 0.333. The molecule has 0 saturated carbocycles. The molecule has 8 heteroatoms. The first-order valence-electron chi connectivity index (χ1n) is 7.03. The largest absolute Gasteiger partial charge is 0.396 e. The van der Waals surface area contributed by atoms with Gasteiger partial charge in [-0.1, -0.05) is 11.2 Å². The van der Waals surface area contributed by atoms with E-state index in [1.54, 1.807) is 19.2 Å². The van der Waals surface area contributed by atoms with Crippen LogP contribution in [0.4, 0.5) is 5.82 Å². The van der Waals surface area contributed by atoms with E-state index in [2.05, 4.69) is 10.1 Å². The second-order valence-corrected chi connectivity index (χ2v) is 4.82. The second kappa shape index (κ2) is 7.33. The Hall–Kier alpha value is -2.99. The van der Waals surface area contributed by atoms with Crippen molar-refractivity contribution in [3.8, 4) is 0 Å². The van der Waals surface area contributed by atoms with Gasteiger partial charge in [-0.3, -0.25) is 0 Å². The summed E-state index contributed by atoms with van der Waals surface area (Å²) >= 11 is 0. The fourth-order valence-electron chi connectivity index (χ4n) is 2.12. The number of carbonyl (C=O) groups excluding carboxylic acids is 1. The molecule has 0 saturated heterocycles. The average molecular weight is 316 g/mol. The van der Waals surface area contributed by atoms with E-state index >= 15 is 0 Å². The Kier molecular flexibility index (Phi) is 5.22. The first-order valence-corrected chi connectivity index (χ1v) is 7.03. The predicted octanol–water partition coefficient (Wildman–Crippen LogP) is 2.21. The van der Waals surface area contributed by atoms with E-state index in [0.29, 0.717) is 36.4 Å². The SMILES string of the molecule is CCON=C1CC=C(C=Cc2ncc([N+](=O)[O-])n2C)C(=C=O)C1. The van der Waals surface area contributed by atoms with E-state index < -0.39 is 4.92 Å². The van der Waals surface area contributed by atoms with Crippen LogP contribution in [0.15, 0.2) is 34.7 Å². The molecule has 1 aliphatic carbocycles. The number of aromatic nitrogens is 2. The van der Waals surface area contributed by atoms with Crippen LogP contribution in [0.5, 0.6) is 0 Å². The standard InChI is InChI=1S/C15H16N4O4/c1-3-23-17-13-6-4-11(12(8-13)10-20)5-7-14-16-9-15(18(14)2)19(21)22/h4-5,7,9H,3,6,8H2,1-2H3. The number of nitrogens with zero attached hydrogens (tertiary/aromatic N) is 4. The topological polar surface area (TPSA) is 99.6 Å². The van der Waals surface area contributed by atoms with E-state index in [1.165, 1.54) is 10.8 Å². The first-order chi connectivity index (χ1) is 11.1. The van der Waals surface area contributed by atoms with Crippen molar-refractivity contribution in [2.45, 2.75) is 19.8 Å². The number of imidazole rings is 1. The maximum absolute atomic E-state index is 11.1. The minimum absolute atomic E-state index is 0.0976. The Morgan fingerprint density at radius 3 is 2.96 bits per heavy atom. The van der Waals surface area contributed by atoms with Crippen molar-refractivity contribution in [1.82, 2.24) is 9.55 Å². The number of nitro groups is 1. The van der Waals surface area contributed by atoms with Gasteiger partial charge in [-0.05, 0) is 23.5 Å². The number of allylic oxidation sites excluding steroid dienone is 4. The first kappa shape index (κ1) is 16.4. The van der Waals surface area contributed by atoms with Crippen molar-refractivity contribution in [1.29, 1.82) is 0 Å². The molecule has 0 aliphatic heterocycles. The smallest absolute Gasteiger partial charge is 0.342 e. The van der Waals surface area contributed by atoms with Gasteiger partial charge < -0.3 is 15.0 Å². The van der Waals surface area contributed by atoms with Crippen LogP contribution in [0, 0.1) is 10.1 Å². The molecule has 0 radical (unpaired) electrons. The number of hydrogen-bond acceptors (Lipinski definition) is 6. The van der Waals surface area contributed by atoms with Crippen LogP contribution in [-0.2, 0) is 16.7 Å². The molecule has 1 aromatic heterocycles. The summed E-state index contributed by atoms with van der Waals surface area (Å²) in [6, 6.07) is 0. The predicted molar refractivity (Wildman–Crippen MR) is 84.5 cm³/mol. The molecule has 0 spiro atoms. The molecule has 1 aromatic rings. The number of hydrogen-bond donors (Lipinski definition) is 0. The normalized spacial score (nSPS) is 16.5. The Morgan fingerprint density at radius 1 is 1.57 bits per heavy atom. The lowest BCUT2D eigenvalue weighted by Crippen LogP contribution is -2.08. The summed E-state index contributed by atoms with van der Waals surface area (Å²) in [6.45, 7) is 2.30. The van der Waals surface area contributed by atoms with E-state index in [-0.39, 0.29) is 5.82 Å². The van der Waals surface area contributed by atoms with E-state index in [0.717, 1.165) is 5.71 Å². The van der Waals surface area contributed by atoms with Crippen LogP contribution in [0.3, 0.4) is 0 Å². The van der Waals surface area contributed by atoms with E-state index in [4.69, 9.17) is 4.84 Å². The van der Waals surface area contributed by atoms with Gasteiger partial charge in [0.15, 0.2) is 0 Å². The highest BCUT2D eigenvalue weighted by Crippen LogP contribution is 2.23. The van der Waals surface area contributed by atoms with Crippen LogP contribution >= 0.6 is 0 Å². The van der Waals surface area contributed by atoms with Gasteiger partial charge in [0.2, 0.25) is 5.82 Å². The zero-order valence-electron chi connectivity index (χ0n) is 12.9. The van der Waals surface area contributed by atoms with Crippen molar-refractivity contribution >= 4 is 23.5 Å². The zero-order chi connectivity index (χ0) is 16.8. The lowest BCUT2D eigenvalue weighted by Gasteiger charge is -2.12. The Bertz CT molecular complexity index is 752. The summed E-state index contributed by atoms with van der Waals surface area (Å²) in [4.78, 5) is 30.4. The zero-order valence-corrected chi connectivity index (χ0v) is 12.9. The van der Waals surface area contributed by atoms with Gasteiger partial charge >= 0.3 is 5.82 Å². The Morgan fingerprint density at radius 2 is 2.35 bits per heavy atom. The van der Waals surface area contributed by atoms with Crippen molar-refractivity contribution < 1.29 is 14.6 Å². The minimum atomic E-state index is -0.503. The molecule has 120 valence electrons. The van der Waals surface area contributed by atoms with Crippen molar-refractivity contribution in [3.05, 3.63) is 45.4 Å². The van der Waals surface area contributed by atoms with Gasteiger partial charge in [0.25, 0.3) is 0 Å². The molecule has 8 nitrogen and oxygen atoms in total. The molecule has 23 heavy (non-hydrogen) atoms. The van der Waals surface area contributed by atoms with Gasteiger partial charge in [0.05, 0.1) is 12.8 Å². The van der Waals surface area contributed by atoms with Crippen LogP contribution in [-0.4, -0.2) is 32.7 Å². The molecule has 0 fully saturated rings. The molecule has 2 rings (SSSR count). The molecule has 0 N–H and O–H groups in total. The summed E-state index contributed by atoms with van der Waals surface area (Å²) < 4.78 is 1.37. The quantitative estimate of drug-likeness (QED) is 0.471. The van der Waals surface area contributed by atoms with E-state index in [1.807, 2.05) is 18.9 Å². The van der Waals surface area contributed by atoms with Crippen molar-refractivity contribution in [2.75, 3.05) is 6.61 Å². The summed E-state index contributed by atoms with van der Waals surface area (Å²) in [5.74, 6) is 2.24. The van der Waals surface area contributed by atoms with Gasteiger partial charge in [-0.25, -0.2) is 14.3 Å². The molecule has 0 atom stereocenters. The third-order valence-corrected chi connectivity index (χ3v) is 3.33. The highest BCUT2D eigenvalue weighted by molar-refractivity contribution is 5.93. The van der Waals surface area contributed by atoms with Gasteiger partial charge in [0.1, 0.15) is 18.7 Å². The van der Waals surface area contributed by atoms with Gasteiger partial charge in [0, 0.05) is 24.5 Å². The maximum atomic E-state index is 11.1. The van der Waals surface area contributed by atoms with Crippen molar-refractivity contribution in [3.63, 3.8) is 0 Å². The molecule has 0 aromatic carbocycles. The summed E-state index contributed by atoms with van der Waals surface area (Å²) in [5, 5.41) is 14.7. The average Bonchev–Trinajstić information content (AvgIpc) is 2.92. The number of oxime groups is 1. The molecule has 1 aliphatic rings. The van der Waals surface area contributed by atoms with Crippen LogP contribution in [0.1, 0.15) is 25.6 Å². The van der Waals surface area contributed by atoms with Crippen LogP contribution < -0.4 is 0 Å². The summed E-state index contributed by atoms with van der Waals surface area (Å²) in [7, 11) is 1.56. The van der Waals surface area contributed by atoms with Crippen LogP contribution in [0.25, 0.3) is 6.08 Å². The third kappa shape index (κ3) is 3.81. The second-order valence-electron chi connectivity index (χ2n) is 4.82. The lowest BCUT2D eigenvalue weighted by molar-refractivity contribution is -0.391. The van der Waals surface area contributed by atoms with Gasteiger partial charge in [-0.15, -0.1) is 0 Å². The molecular formula is C15H16N4O4. The fourth-order valence-corrected chi connectivity index (χ4v) is 2.12. The Labute approximate surface area is 132 Å². The lowest BCUT2D eigenvalue weighted by atomic mass is 9.93. The number of rotatable bonds is 5. The van der Waals surface area contributed by atoms with Crippen molar-refractivity contribution in [2.24, 2.45) is 12.2 Å². The summed E-state index contributed by atoms with van der Waals surface area (Å²) in [5.41, 5.74) is 1.94. The van der Waals surface area contributed by atoms with Gasteiger partial charge in [-0.2, -0.15) is 0 Å². The summed E-state index contributed by atoms with van der Waals surface area (Å²) in [6.07, 6.45) is 7.31. The van der Waals surface area contributed by atoms with Crippen LogP contribution in [0.2, 0.25) is 0 Å². The monoisotopic (exact) mass is 316 g/mol.